The molecule has 0 saturated heterocycles. The molecule has 5 nitrogen and oxygen atoms in total. The first-order valence-electron chi connectivity index (χ1n) is 6.95. The van der Waals surface area contributed by atoms with Gasteiger partial charge in [0.2, 0.25) is 5.88 Å². The highest BCUT2D eigenvalue weighted by atomic mass is 35.5. The number of hydrogen-bond donors (Lipinski definition) is 1. The molecular weight excluding hydrogens is 339 g/mol. The highest BCUT2D eigenvalue weighted by Gasteiger charge is 2.61. The number of aromatic hydroxyl groups is 1. The van der Waals surface area contributed by atoms with E-state index in [2.05, 4.69) is 0 Å². The summed E-state index contributed by atoms with van der Waals surface area (Å²) in [7, 11) is 1.32. The molecule has 2 atom stereocenters. The number of hydrogen-bond acceptors (Lipinski definition) is 4. The van der Waals surface area contributed by atoms with Gasteiger partial charge in [-0.3, -0.25) is 14.2 Å². The summed E-state index contributed by atoms with van der Waals surface area (Å²) in [6, 6.07) is 1.80. The summed E-state index contributed by atoms with van der Waals surface area (Å²) >= 11 is 11.4. The largest absolute Gasteiger partial charge is 0.494 e. The van der Waals surface area contributed by atoms with E-state index in [-0.39, 0.29) is 38.3 Å². The SMILES string of the molecule is Cc1c(C(=O)C2C(C=C(Cl)Cl)C2(C)C)c(O)n(C)c(=O)c1C#N. The van der Waals surface area contributed by atoms with Crippen molar-refractivity contribution in [2.45, 2.75) is 20.8 Å². The monoisotopic (exact) mass is 354 g/mol. The Morgan fingerprint density at radius 3 is 2.48 bits per heavy atom. The van der Waals surface area contributed by atoms with Crippen molar-refractivity contribution in [1.29, 1.82) is 5.26 Å². The standard InChI is InChI=1S/C16H16Cl2N2O3/c1-7-8(6-19)14(22)20(4)15(23)11(7)13(21)12-9(5-10(17)18)16(12,2)3/h5,9,12,23H,1-4H3. The lowest BCUT2D eigenvalue weighted by molar-refractivity contribution is 0.0946. The molecule has 1 aromatic rings. The fourth-order valence-electron chi connectivity index (χ4n) is 3.09. The van der Waals surface area contributed by atoms with Crippen LogP contribution in [0.3, 0.4) is 0 Å². The van der Waals surface area contributed by atoms with Gasteiger partial charge in [-0.25, -0.2) is 0 Å². The maximum Gasteiger partial charge on any atom is 0.271 e. The van der Waals surface area contributed by atoms with E-state index in [0.717, 1.165) is 4.57 Å². The zero-order chi connectivity index (χ0) is 17.7. The lowest BCUT2D eigenvalue weighted by Crippen LogP contribution is -2.25. The minimum atomic E-state index is -0.630. The molecule has 0 bridgehead atoms. The van der Waals surface area contributed by atoms with Crippen LogP contribution in [0.15, 0.2) is 15.4 Å². The molecule has 0 amide bonds. The van der Waals surface area contributed by atoms with E-state index in [9.17, 15) is 14.7 Å². The fraction of sp³-hybridized carbons (Fsp3) is 0.438. The second-order valence-electron chi connectivity index (χ2n) is 6.32. The van der Waals surface area contributed by atoms with Crippen LogP contribution in [0.2, 0.25) is 0 Å². The summed E-state index contributed by atoms with van der Waals surface area (Å²) in [4.78, 5) is 24.9. The predicted octanol–water partition coefficient (Wildman–Crippen LogP) is 3.04. The van der Waals surface area contributed by atoms with Crippen LogP contribution >= 0.6 is 23.2 Å². The molecule has 1 aliphatic rings. The van der Waals surface area contributed by atoms with Gasteiger partial charge in [-0.2, -0.15) is 5.26 Å². The molecule has 122 valence electrons. The molecule has 2 unspecified atom stereocenters. The third-order valence-electron chi connectivity index (χ3n) is 4.67. The van der Waals surface area contributed by atoms with Crippen LogP contribution in [0.25, 0.3) is 0 Å². The Balaban J connectivity index is 2.59. The topological polar surface area (TPSA) is 83.1 Å². The Bertz CT molecular complexity index is 827. The summed E-state index contributed by atoms with van der Waals surface area (Å²) in [5.41, 5.74) is -0.945. The number of halogens is 2. The van der Waals surface area contributed by atoms with Crippen molar-refractivity contribution >= 4 is 29.0 Å². The first-order chi connectivity index (χ1) is 10.6. The van der Waals surface area contributed by atoms with Crippen LogP contribution in [0, 0.1) is 35.5 Å². The first kappa shape index (κ1) is 17.6. The zero-order valence-electron chi connectivity index (χ0n) is 13.1. The number of rotatable bonds is 3. The molecule has 2 rings (SSSR count). The summed E-state index contributed by atoms with van der Waals surface area (Å²) in [6.07, 6.45) is 1.60. The summed E-state index contributed by atoms with van der Waals surface area (Å²) < 4.78 is 0.991. The number of nitrogens with zero attached hydrogens (tertiary/aromatic N) is 2. The van der Waals surface area contributed by atoms with Crippen LogP contribution in [-0.2, 0) is 7.05 Å². The molecule has 0 aliphatic heterocycles. The molecule has 23 heavy (non-hydrogen) atoms. The maximum atomic E-state index is 12.9. The molecule has 1 aliphatic carbocycles. The van der Waals surface area contributed by atoms with Crippen molar-refractivity contribution in [3.8, 4) is 11.9 Å². The first-order valence-corrected chi connectivity index (χ1v) is 7.71. The van der Waals surface area contributed by atoms with Crippen LogP contribution < -0.4 is 5.56 Å². The molecular formula is C16H16Cl2N2O3. The van der Waals surface area contributed by atoms with Crippen LogP contribution in [0.5, 0.6) is 5.88 Å². The van der Waals surface area contributed by atoms with Gasteiger partial charge in [0, 0.05) is 13.0 Å². The van der Waals surface area contributed by atoms with E-state index in [0.29, 0.717) is 0 Å². The van der Waals surface area contributed by atoms with Crippen molar-refractivity contribution in [3.05, 3.63) is 37.6 Å². The van der Waals surface area contributed by atoms with E-state index in [1.54, 1.807) is 12.1 Å². The van der Waals surface area contributed by atoms with E-state index >= 15 is 0 Å². The molecule has 1 saturated carbocycles. The molecule has 1 fully saturated rings. The lowest BCUT2D eigenvalue weighted by Gasteiger charge is -2.13. The minimum absolute atomic E-state index is 0.00307. The Morgan fingerprint density at radius 2 is 2.00 bits per heavy atom. The highest BCUT2D eigenvalue weighted by molar-refractivity contribution is 6.55. The molecule has 0 aromatic carbocycles. The number of nitriles is 1. The zero-order valence-corrected chi connectivity index (χ0v) is 14.7. The number of ketones is 1. The molecule has 1 N–H and O–H groups in total. The van der Waals surface area contributed by atoms with Gasteiger partial charge in [0.05, 0.1) is 5.56 Å². The third kappa shape index (κ3) is 2.66. The highest BCUT2D eigenvalue weighted by Crippen LogP contribution is 2.61. The molecule has 0 radical (unpaired) electrons. The summed E-state index contributed by atoms with van der Waals surface area (Å²) in [6.45, 7) is 5.28. The maximum absolute atomic E-state index is 12.9. The molecule has 0 spiro atoms. The van der Waals surface area contributed by atoms with E-state index in [1.165, 1.54) is 14.0 Å². The average Bonchev–Trinajstić information content (AvgIpc) is 2.97. The number of aromatic nitrogens is 1. The van der Waals surface area contributed by atoms with Crippen molar-refractivity contribution in [2.75, 3.05) is 0 Å². The van der Waals surface area contributed by atoms with Crippen molar-refractivity contribution in [2.24, 2.45) is 24.3 Å². The second kappa shape index (κ2) is 5.70. The van der Waals surface area contributed by atoms with E-state index in [4.69, 9.17) is 28.5 Å². The van der Waals surface area contributed by atoms with Gasteiger partial charge < -0.3 is 5.11 Å². The van der Waals surface area contributed by atoms with Gasteiger partial charge in [-0.1, -0.05) is 37.0 Å². The third-order valence-corrected chi connectivity index (χ3v) is 4.92. The smallest absolute Gasteiger partial charge is 0.271 e. The van der Waals surface area contributed by atoms with Gasteiger partial charge in [0.25, 0.3) is 5.56 Å². The Hall–Kier alpha value is -1.77. The summed E-state index contributed by atoms with van der Waals surface area (Å²) in [5, 5.41) is 19.4. The van der Waals surface area contributed by atoms with Gasteiger partial charge in [-0.05, 0) is 29.9 Å². The Morgan fingerprint density at radius 1 is 1.43 bits per heavy atom. The van der Waals surface area contributed by atoms with Crippen molar-refractivity contribution < 1.29 is 9.90 Å². The van der Waals surface area contributed by atoms with Crippen LogP contribution in [0.1, 0.15) is 35.3 Å². The lowest BCUT2D eigenvalue weighted by atomic mass is 9.96. The Kier molecular flexibility index (Phi) is 4.36. The second-order valence-corrected chi connectivity index (χ2v) is 7.33. The number of Topliss-reactive ketones (excluding diaryl/α,β-unsaturated/α-hetero) is 1. The normalized spacial score (nSPS) is 21.4. The van der Waals surface area contributed by atoms with Gasteiger partial charge in [-0.15, -0.1) is 0 Å². The van der Waals surface area contributed by atoms with Crippen molar-refractivity contribution in [1.82, 2.24) is 4.57 Å². The fourth-order valence-corrected chi connectivity index (χ4v) is 3.36. The van der Waals surface area contributed by atoms with Crippen LogP contribution in [0.4, 0.5) is 0 Å². The number of pyridine rings is 1. The number of carbonyl (C=O) groups is 1. The van der Waals surface area contributed by atoms with Gasteiger partial charge >= 0.3 is 0 Å². The van der Waals surface area contributed by atoms with Crippen molar-refractivity contribution in [3.63, 3.8) is 0 Å². The average molecular weight is 355 g/mol. The van der Waals surface area contributed by atoms with Gasteiger partial charge in [0.1, 0.15) is 16.1 Å². The van der Waals surface area contributed by atoms with Gasteiger partial charge in [0.15, 0.2) is 5.78 Å². The minimum Gasteiger partial charge on any atom is -0.494 e. The molecule has 1 heterocycles. The van der Waals surface area contributed by atoms with E-state index < -0.39 is 17.4 Å². The number of carbonyl (C=O) groups excluding carboxylic acids is 1. The molecule has 1 aromatic heterocycles. The van der Waals surface area contributed by atoms with Crippen LogP contribution in [-0.4, -0.2) is 15.5 Å². The predicted molar refractivity (Wildman–Crippen MR) is 87.7 cm³/mol. The molecule has 7 heteroatoms. The Labute approximate surface area is 143 Å². The van der Waals surface area contributed by atoms with E-state index in [1.807, 2.05) is 13.8 Å². The quantitative estimate of drug-likeness (QED) is 0.845. The number of allylic oxidation sites excluding steroid dienone is 1. The summed E-state index contributed by atoms with van der Waals surface area (Å²) in [5.74, 6) is -1.35.